The number of hydrogen-bond acceptors (Lipinski definition) is 4. The van der Waals surface area contributed by atoms with Gasteiger partial charge in [-0.2, -0.15) is 0 Å². The highest BCUT2D eigenvalue weighted by Crippen LogP contribution is 2.22. The normalized spacial score (nSPS) is 14.3. The van der Waals surface area contributed by atoms with E-state index in [1.807, 2.05) is 13.8 Å². The van der Waals surface area contributed by atoms with E-state index in [0.29, 0.717) is 11.4 Å². The van der Waals surface area contributed by atoms with Crippen LogP contribution in [0.2, 0.25) is 0 Å². The van der Waals surface area contributed by atoms with Crippen LogP contribution in [0.4, 0.5) is 16.2 Å². The quantitative estimate of drug-likeness (QED) is 0.585. The SMILES string of the molecule is CC(C)[C@H](N)C(=O)NCC(=O)Nc1ccccc1NC(=O)N1CCCC1.Cl. The van der Waals surface area contributed by atoms with Crippen LogP contribution >= 0.6 is 12.4 Å². The lowest BCUT2D eigenvalue weighted by atomic mass is 10.1. The highest BCUT2D eigenvalue weighted by molar-refractivity contribution is 6.00. The Hall–Kier alpha value is -2.32. The third kappa shape index (κ3) is 6.73. The molecule has 0 aliphatic carbocycles. The van der Waals surface area contributed by atoms with Gasteiger partial charge < -0.3 is 26.6 Å². The highest BCUT2D eigenvalue weighted by atomic mass is 35.5. The fourth-order valence-electron chi connectivity index (χ4n) is 2.60. The summed E-state index contributed by atoms with van der Waals surface area (Å²) >= 11 is 0. The second kappa shape index (κ2) is 10.7. The number of hydrogen-bond donors (Lipinski definition) is 4. The number of benzene rings is 1. The molecule has 1 aromatic carbocycles. The summed E-state index contributed by atoms with van der Waals surface area (Å²) in [5, 5.41) is 8.04. The first-order valence-corrected chi connectivity index (χ1v) is 8.86. The van der Waals surface area contributed by atoms with E-state index in [0.717, 1.165) is 25.9 Å². The molecule has 0 spiro atoms. The van der Waals surface area contributed by atoms with Gasteiger partial charge in [0, 0.05) is 13.1 Å². The van der Waals surface area contributed by atoms with Crippen molar-refractivity contribution in [2.75, 3.05) is 30.3 Å². The van der Waals surface area contributed by atoms with E-state index >= 15 is 0 Å². The van der Waals surface area contributed by atoms with E-state index < -0.39 is 11.9 Å². The van der Waals surface area contributed by atoms with Gasteiger partial charge in [-0.25, -0.2) is 4.79 Å². The second-order valence-electron chi connectivity index (χ2n) is 6.71. The molecular weight excluding hydrogens is 370 g/mol. The summed E-state index contributed by atoms with van der Waals surface area (Å²) in [6.07, 6.45) is 2.01. The minimum atomic E-state index is -0.658. The van der Waals surface area contributed by atoms with Crippen molar-refractivity contribution in [3.8, 4) is 0 Å². The van der Waals surface area contributed by atoms with Gasteiger partial charge in [-0.1, -0.05) is 26.0 Å². The molecule has 4 amide bonds. The number of nitrogens with zero attached hydrogens (tertiary/aromatic N) is 1. The molecule has 0 radical (unpaired) electrons. The molecule has 2 rings (SSSR count). The van der Waals surface area contributed by atoms with Crippen LogP contribution in [-0.4, -0.2) is 48.4 Å². The molecule has 1 aliphatic heterocycles. The minimum absolute atomic E-state index is 0. The van der Waals surface area contributed by atoms with Gasteiger partial charge >= 0.3 is 6.03 Å². The maximum atomic E-state index is 12.2. The Kier molecular flexibility index (Phi) is 9.04. The smallest absolute Gasteiger partial charge is 0.321 e. The number of rotatable bonds is 6. The zero-order chi connectivity index (χ0) is 19.1. The molecule has 150 valence electrons. The highest BCUT2D eigenvalue weighted by Gasteiger charge is 2.20. The van der Waals surface area contributed by atoms with E-state index in [1.54, 1.807) is 29.2 Å². The van der Waals surface area contributed by atoms with E-state index in [1.165, 1.54) is 0 Å². The summed E-state index contributed by atoms with van der Waals surface area (Å²) in [5.74, 6) is -0.775. The number of carbonyl (C=O) groups excluding carboxylic acids is 3. The zero-order valence-electron chi connectivity index (χ0n) is 15.7. The molecule has 9 heteroatoms. The fourth-order valence-corrected chi connectivity index (χ4v) is 2.60. The molecule has 27 heavy (non-hydrogen) atoms. The number of nitrogens with two attached hydrogens (primary N) is 1. The Morgan fingerprint density at radius 2 is 1.63 bits per heavy atom. The molecule has 5 N–H and O–H groups in total. The third-order valence-corrected chi connectivity index (χ3v) is 4.28. The molecule has 1 aliphatic rings. The summed E-state index contributed by atoms with van der Waals surface area (Å²) in [4.78, 5) is 37.9. The lowest BCUT2D eigenvalue weighted by molar-refractivity contribution is -0.125. The molecule has 0 unspecified atom stereocenters. The number of likely N-dealkylation sites (tertiary alicyclic amines) is 1. The molecule has 1 saturated heterocycles. The number of amides is 4. The molecule has 1 heterocycles. The first kappa shape index (κ1) is 22.7. The van der Waals surface area contributed by atoms with Gasteiger partial charge in [-0.05, 0) is 30.9 Å². The Labute approximate surface area is 165 Å². The van der Waals surface area contributed by atoms with Crippen molar-refractivity contribution in [1.29, 1.82) is 0 Å². The Morgan fingerprint density at radius 1 is 1.07 bits per heavy atom. The number of para-hydroxylation sites is 2. The average molecular weight is 398 g/mol. The summed E-state index contributed by atoms with van der Waals surface area (Å²) < 4.78 is 0. The van der Waals surface area contributed by atoms with Crippen LogP contribution in [0.1, 0.15) is 26.7 Å². The molecule has 1 fully saturated rings. The van der Waals surface area contributed by atoms with Gasteiger partial charge in [0.15, 0.2) is 0 Å². The Balaban J connectivity index is 0.00000364. The minimum Gasteiger partial charge on any atom is -0.346 e. The van der Waals surface area contributed by atoms with Crippen LogP contribution in [0.3, 0.4) is 0 Å². The van der Waals surface area contributed by atoms with Crippen molar-refractivity contribution in [1.82, 2.24) is 10.2 Å². The number of urea groups is 1. The second-order valence-corrected chi connectivity index (χ2v) is 6.71. The molecular formula is C18H28ClN5O3. The first-order chi connectivity index (χ1) is 12.4. The molecule has 1 aromatic rings. The molecule has 1 atom stereocenters. The summed E-state index contributed by atoms with van der Waals surface area (Å²) in [6.45, 7) is 4.96. The lowest BCUT2D eigenvalue weighted by Crippen LogP contribution is -2.46. The molecule has 8 nitrogen and oxygen atoms in total. The van der Waals surface area contributed by atoms with Crippen LogP contribution in [0, 0.1) is 5.92 Å². The average Bonchev–Trinajstić information content (AvgIpc) is 3.15. The van der Waals surface area contributed by atoms with E-state index in [2.05, 4.69) is 16.0 Å². The van der Waals surface area contributed by atoms with Gasteiger partial charge in [-0.15, -0.1) is 12.4 Å². The van der Waals surface area contributed by atoms with Gasteiger partial charge in [0.25, 0.3) is 0 Å². The van der Waals surface area contributed by atoms with Gasteiger partial charge in [0.1, 0.15) is 0 Å². The molecule has 0 saturated carbocycles. The Morgan fingerprint density at radius 3 is 2.19 bits per heavy atom. The largest absolute Gasteiger partial charge is 0.346 e. The molecule has 0 aromatic heterocycles. The number of carbonyl (C=O) groups is 3. The van der Waals surface area contributed by atoms with Crippen LogP contribution < -0.4 is 21.7 Å². The monoisotopic (exact) mass is 397 g/mol. The van der Waals surface area contributed by atoms with E-state index in [4.69, 9.17) is 5.73 Å². The maximum Gasteiger partial charge on any atom is 0.321 e. The third-order valence-electron chi connectivity index (χ3n) is 4.28. The van der Waals surface area contributed by atoms with Crippen molar-refractivity contribution in [3.63, 3.8) is 0 Å². The number of anilines is 2. The van der Waals surface area contributed by atoms with Crippen LogP contribution in [0.5, 0.6) is 0 Å². The van der Waals surface area contributed by atoms with Crippen LogP contribution in [0.15, 0.2) is 24.3 Å². The number of halogens is 1. The standard InChI is InChI=1S/C18H27N5O3.ClH/c1-12(2)16(19)17(25)20-11-15(24)21-13-7-3-4-8-14(13)22-18(26)23-9-5-6-10-23;/h3-4,7-8,12,16H,5-6,9-11,19H2,1-2H3,(H,20,25)(H,21,24)(H,22,26);1H/t16-;/m0./s1. The predicted octanol–water partition coefficient (Wildman–Crippen LogP) is 1.77. The summed E-state index contributed by atoms with van der Waals surface area (Å²) in [5.41, 5.74) is 6.74. The zero-order valence-corrected chi connectivity index (χ0v) is 16.5. The van der Waals surface area contributed by atoms with Crippen LogP contribution in [0.25, 0.3) is 0 Å². The number of nitrogens with one attached hydrogen (secondary N) is 3. The first-order valence-electron chi connectivity index (χ1n) is 8.86. The van der Waals surface area contributed by atoms with Crippen molar-refractivity contribution >= 4 is 41.6 Å². The van der Waals surface area contributed by atoms with E-state index in [-0.39, 0.29) is 36.8 Å². The predicted molar refractivity (Wildman–Crippen MR) is 108 cm³/mol. The lowest BCUT2D eigenvalue weighted by Gasteiger charge is -2.18. The van der Waals surface area contributed by atoms with E-state index in [9.17, 15) is 14.4 Å². The summed E-state index contributed by atoms with van der Waals surface area (Å²) in [6, 6.07) is 6.11. The van der Waals surface area contributed by atoms with Crippen molar-refractivity contribution < 1.29 is 14.4 Å². The van der Waals surface area contributed by atoms with Gasteiger partial charge in [0.2, 0.25) is 11.8 Å². The fraction of sp³-hybridized carbons (Fsp3) is 0.500. The van der Waals surface area contributed by atoms with Gasteiger partial charge in [-0.3, -0.25) is 9.59 Å². The maximum absolute atomic E-state index is 12.2. The molecule has 0 bridgehead atoms. The van der Waals surface area contributed by atoms with Gasteiger partial charge in [0.05, 0.1) is 24.0 Å². The van der Waals surface area contributed by atoms with Crippen molar-refractivity contribution in [3.05, 3.63) is 24.3 Å². The Bertz CT molecular complexity index is 662. The van der Waals surface area contributed by atoms with Crippen molar-refractivity contribution in [2.45, 2.75) is 32.7 Å². The van der Waals surface area contributed by atoms with Crippen molar-refractivity contribution in [2.24, 2.45) is 11.7 Å². The summed E-state index contributed by atoms with van der Waals surface area (Å²) in [7, 11) is 0. The topological polar surface area (TPSA) is 117 Å². The van der Waals surface area contributed by atoms with Crippen LogP contribution in [-0.2, 0) is 9.59 Å².